The number of halogens is 1. The fraction of sp³-hybridized carbons (Fsp3) is 0.800. The molecule has 1 saturated carbocycles. The fourth-order valence-electron chi connectivity index (χ4n) is 2.58. The van der Waals surface area contributed by atoms with Crippen molar-refractivity contribution in [2.75, 3.05) is 12.4 Å². The van der Waals surface area contributed by atoms with Crippen LogP contribution in [-0.4, -0.2) is 29.8 Å². The Balaban J connectivity index is 1.95. The van der Waals surface area contributed by atoms with Crippen LogP contribution in [0.15, 0.2) is 0 Å². The predicted molar refractivity (Wildman–Crippen MR) is 56.6 cm³/mol. The standard InChI is InChI=1S/C10H15ClN2O2/c11-5-8(14)12-6-10-3-1-2-7(4-10)9(15)13-10/h7H,1-6H2,(H,12,14)(H,13,15). The summed E-state index contributed by atoms with van der Waals surface area (Å²) in [4.78, 5) is 22.6. The van der Waals surface area contributed by atoms with E-state index in [1.807, 2.05) is 0 Å². The maximum atomic E-state index is 11.5. The third-order valence-corrected chi connectivity index (χ3v) is 3.59. The summed E-state index contributed by atoms with van der Waals surface area (Å²) in [7, 11) is 0. The quantitative estimate of drug-likeness (QED) is 0.690. The van der Waals surface area contributed by atoms with Gasteiger partial charge in [-0.3, -0.25) is 9.59 Å². The van der Waals surface area contributed by atoms with E-state index in [1.54, 1.807) is 0 Å². The molecule has 2 N–H and O–H groups in total. The van der Waals surface area contributed by atoms with Gasteiger partial charge < -0.3 is 10.6 Å². The molecule has 2 atom stereocenters. The molecule has 84 valence electrons. The molecule has 0 aromatic carbocycles. The Morgan fingerprint density at radius 2 is 2.47 bits per heavy atom. The Morgan fingerprint density at radius 3 is 3.20 bits per heavy atom. The molecular formula is C10H15ClN2O2. The van der Waals surface area contributed by atoms with Gasteiger partial charge in [0, 0.05) is 12.5 Å². The zero-order valence-electron chi connectivity index (χ0n) is 8.51. The van der Waals surface area contributed by atoms with Gasteiger partial charge in [-0.15, -0.1) is 11.6 Å². The van der Waals surface area contributed by atoms with Crippen LogP contribution >= 0.6 is 11.6 Å². The number of hydrogen-bond donors (Lipinski definition) is 2. The van der Waals surface area contributed by atoms with Crippen LogP contribution in [0.2, 0.25) is 0 Å². The van der Waals surface area contributed by atoms with Gasteiger partial charge in [0.05, 0.1) is 5.54 Å². The normalized spacial score (nSPS) is 33.7. The van der Waals surface area contributed by atoms with Crippen LogP contribution < -0.4 is 10.6 Å². The van der Waals surface area contributed by atoms with Gasteiger partial charge in [0.25, 0.3) is 0 Å². The Hall–Kier alpha value is -0.770. The van der Waals surface area contributed by atoms with Crippen LogP contribution in [0, 0.1) is 5.92 Å². The number of carbonyl (C=O) groups excluding carboxylic acids is 2. The van der Waals surface area contributed by atoms with E-state index >= 15 is 0 Å². The number of carbonyl (C=O) groups is 2. The molecule has 0 aromatic heterocycles. The van der Waals surface area contributed by atoms with Crippen LogP contribution in [0.1, 0.15) is 25.7 Å². The number of hydrogen-bond acceptors (Lipinski definition) is 2. The summed E-state index contributed by atoms with van der Waals surface area (Å²) in [5, 5.41) is 5.77. The molecule has 2 fully saturated rings. The van der Waals surface area contributed by atoms with Crippen molar-refractivity contribution < 1.29 is 9.59 Å². The molecule has 1 aliphatic heterocycles. The molecule has 2 unspecified atom stereocenters. The molecule has 0 spiro atoms. The fourth-order valence-corrected chi connectivity index (χ4v) is 2.68. The van der Waals surface area contributed by atoms with Crippen molar-refractivity contribution in [3.05, 3.63) is 0 Å². The highest BCUT2D eigenvalue weighted by Gasteiger charge is 2.46. The van der Waals surface area contributed by atoms with E-state index in [1.165, 1.54) is 0 Å². The van der Waals surface area contributed by atoms with Crippen molar-refractivity contribution in [2.24, 2.45) is 5.92 Å². The van der Waals surface area contributed by atoms with E-state index in [9.17, 15) is 9.59 Å². The van der Waals surface area contributed by atoms with Gasteiger partial charge in [-0.1, -0.05) is 6.42 Å². The number of amides is 2. The van der Waals surface area contributed by atoms with Gasteiger partial charge in [-0.25, -0.2) is 0 Å². The van der Waals surface area contributed by atoms with Crippen LogP contribution in [0.3, 0.4) is 0 Å². The van der Waals surface area contributed by atoms with E-state index in [4.69, 9.17) is 11.6 Å². The summed E-state index contributed by atoms with van der Waals surface area (Å²) in [5.74, 6) is 0.113. The van der Waals surface area contributed by atoms with Crippen molar-refractivity contribution in [3.63, 3.8) is 0 Å². The topological polar surface area (TPSA) is 58.2 Å². The lowest BCUT2D eigenvalue weighted by Gasteiger charge is -2.32. The van der Waals surface area contributed by atoms with Gasteiger partial charge in [0.1, 0.15) is 5.88 Å². The molecule has 1 saturated heterocycles. The van der Waals surface area contributed by atoms with E-state index in [0.717, 1.165) is 25.7 Å². The Morgan fingerprint density at radius 1 is 1.67 bits per heavy atom. The summed E-state index contributed by atoms with van der Waals surface area (Å²) >= 11 is 5.40. The van der Waals surface area contributed by atoms with Crippen LogP contribution in [0.4, 0.5) is 0 Å². The summed E-state index contributed by atoms with van der Waals surface area (Å²) in [5.41, 5.74) is -0.193. The predicted octanol–water partition coefficient (Wildman–Crippen LogP) is 0.400. The summed E-state index contributed by atoms with van der Waals surface area (Å²) in [6.07, 6.45) is 3.85. The average molecular weight is 231 g/mol. The van der Waals surface area contributed by atoms with Gasteiger partial charge in [-0.05, 0) is 19.3 Å². The first-order valence-corrected chi connectivity index (χ1v) is 5.83. The molecule has 4 nitrogen and oxygen atoms in total. The third kappa shape index (κ3) is 2.09. The Kier molecular flexibility index (Phi) is 2.87. The largest absolute Gasteiger partial charge is 0.353 e. The second-order valence-electron chi connectivity index (χ2n) is 4.47. The maximum absolute atomic E-state index is 11.5. The molecule has 2 amide bonds. The minimum absolute atomic E-state index is 0.0204. The molecule has 1 heterocycles. The highest BCUT2D eigenvalue weighted by molar-refractivity contribution is 6.27. The summed E-state index contributed by atoms with van der Waals surface area (Å²) < 4.78 is 0. The van der Waals surface area contributed by atoms with Crippen molar-refractivity contribution in [2.45, 2.75) is 31.2 Å². The average Bonchev–Trinajstić information content (AvgIpc) is 2.47. The SMILES string of the molecule is O=C(CCl)NCC12CCCC(C1)C(=O)N2. The second-order valence-corrected chi connectivity index (χ2v) is 4.74. The molecule has 0 aromatic rings. The summed E-state index contributed by atoms with van der Waals surface area (Å²) in [6.45, 7) is 0.515. The van der Waals surface area contributed by atoms with Gasteiger partial charge in [0.2, 0.25) is 11.8 Å². The zero-order chi connectivity index (χ0) is 10.9. The first kappa shape index (κ1) is 10.7. The molecule has 5 heteroatoms. The Labute approximate surface area is 93.7 Å². The number of fused-ring (bicyclic) bond motifs is 2. The minimum Gasteiger partial charge on any atom is -0.353 e. The molecule has 0 radical (unpaired) electrons. The lowest BCUT2D eigenvalue weighted by molar-refractivity contribution is -0.123. The van der Waals surface area contributed by atoms with E-state index in [0.29, 0.717) is 6.54 Å². The molecular weight excluding hydrogens is 216 g/mol. The molecule has 1 aliphatic carbocycles. The van der Waals surface area contributed by atoms with Crippen LogP contribution in [0.25, 0.3) is 0 Å². The third-order valence-electron chi connectivity index (χ3n) is 3.35. The van der Waals surface area contributed by atoms with Crippen LogP contribution in [-0.2, 0) is 9.59 Å². The maximum Gasteiger partial charge on any atom is 0.235 e. The number of alkyl halides is 1. The lowest BCUT2D eigenvalue weighted by Crippen LogP contribution is -2.51. The molecule has 15 heavy (non-hydrogen) atoms. The zero-order valence-corrected chi connectivity index (χ0v) is 9.27. The second kappa shape index (κ2) is 4.00. The van der Waals surface area contributed by atoms with Crippen molar-refractivity contribution in [3.8, 4) is 0 Å². The number of nitrogens with one attached hydrogen (secondary N) is 2. The molecule has 2 aliphatic rings. The van der Waals surface area contributed by atoms with E-state index in [2.05, 4.69) is 10.6 Å². The monoisotopic (exact) mass is 230 g/mol. The van der Waals surface area contributed by atoms with Crippen molar-refractivity contribution in [1.82, 2.24) is 10.6 Å². The molecule has 2 rings (SSSR count). The lowest BCUT2D eigenvalue weighted by atomic mass is 9.80. The smallest absolute Gasteiger partial charge is 0.235 e. The van der Waals surface area contributed by atoms with Crippen LogP contribution in [0.5, 0.6) is 0 Å². The highest BCUT2D eigenvalue weighted by atomic mass is 35.5. The van der Waals surface area contributed by atoms with Gasteiger partial charge in [-0.2, -0.15) is 0 Å². The van der Waals surface area contributed by atoms with Crippen molar-refractivity contribution in [1.29, 1.82) is 0 Å². The van der Waals surface area contributed by atoms with E-state index < -0.39 is 0 Å². The Bertz CT molecular complexity index is 295. The minimum atomic E-state index is -0.193. The van der Waals surface area contributed by atoms with Gasteiger partial charge >= 0.3 is 0 Å². The first-order chi connectivity index (χ1) is 7.15. The first-order valence-electron chi connectivity index (χ1n) is 5.30. The molecule has 2 bridgehead atoms. The van der Waals surface area contributed by atoms with Crippen molar-refractivity contribution >= 4 is 23.4 Å². The highest BCUT2D eigenvalue weighted by Crippen LogP contribution is 2.37. The summed E-state index contributed by atoms with van der Waals surface area (Å²) in [6, 6.07) is 0. The van der Waals surface area contributed by atoms with Gasteiger partial charge in [0.15, 0.2) is 0 Å². The number of rotatable bonds is 3. The van der Waals surface area contributed by atoms with E-state index in [-0.39, 0.29) is 29.2 Å².